The third-order valence-electron chi connectivity index (χ3n) is 3.95. The van der Waals surface area contributed by atoms with Crippen LogP contribution in [0.3, 0.4) is 0 Å². The van der Waals surface area contributed by atoms with Crippen molar-refractivity contribution >= 4 is 11.8 Å². The maximum absolute atomic E-state index is 11.7. The molecule has 1 saturated heterocycles. The number of amides is 2. The number of rotatable bonds is 3. The second kappa shape index (κ2) is 4.53. The van der Waals surface area contributed by atoms with E-state index in [4.69, 9.17) is 0 Å². The molecule has 1 N–H and O–H groups in total. The first-order chi connectivity index (χ1) is 7.59. The topological polar surface area (TPSA) is 49.4 Å². The molecule has 0 spiro atoms. The van der Waals surface area contributed by atoms with E-state index < -0.39 is 0 Å². The van der Waals surface area contributed by atoms with Gasteiger partial charge in [-0.05, 0) is 25.7 Å². The van der Waals surface area contributed by atoms with Crippen LogP contribution in [0.15, 0.2) is 0 Å². The van der Waals surface area contributed by atoms with Gasteiger partial charge in [-0.25, -0.2) is 0 Å². The molecule has 0 aromatic rings. The molecule has 1 aliphatic heterocycles. The van der Waals surface area contributed by atoms with Crippen LogP contribution in [0.25, 0.3) is 0 Å². The molecular formula is C12H20N2O2. The summed E-state index contributed by atoms with van der Waals surface area (Å²) in [5.41, 5.74) is 0. The molecule has 2 rings (SSSR count). The van der Waals surface area contributed by atoms with Crippen molar-refractivity contribution in [1.29, 1.82) is 0 Å². The van der Waals surface area contributed by atoms with Crippen LogP contribution in [0.5, 0.6) is 0 Å². The average Bonchev–Trinajstić information content (AvgIpc) is 2.85. The van der Waals surface area contributed by atoms with Gasteiger partial charge in [-0.15, -0.1) is 0 Å². The molecule has 4 heteroatoms. The normalized spacial score (nSPS) is 29.1. The lowest BCUT2D eigenvalue weighted by molar-refractivity contribution is -0.137. The molecule has 1 saturated carbocycles. The Bertz CT molecular complexity index is 297. The Balaban J connectivity index is 1.90. The van der Waals surface area contributed by atoms with E-state index in [1.165, 1.54) is 30.6 Å². The summed E-state index contributed by atoms with van der Waals surface area (Å²) in [5.74, 6) is 0.532. The van der Waals surface area contributed by atoms with E-state index in [0.717, 1.165) is 0 Å². The van der Waals surface area contributed by atoms with Crippen LogP contribution in [0.2, 0.25) is 0 Å². The lowest BCUT2D eigenvalue weighted by Crippen LogP contribution is -2.44. The fourth-order valence-electron chi connectivity index (χ4n) is 2.80. The molecule has 2 aliphatic rings. The van der Waals surface area contributed by atoms with E-state index in [1.807, 2.05) is 0 Å². The van der Waals surface area contributed by atoms with Gasteiger partial charge in [0.2, 0.25) is 11.8 Å². The number of carbonyl (C=O) groups excluding carboxylic acids is 2. The van der Waals surface area contributed by atoms with Gasteiger partial charge in [-0.3, -0.25) is 14.5 Å². The first kappa shape index (κ1) is 11.6. The molecule has 0 bridgehead atoms. The van der Waals surface area contributed by atoms with Gasteiger partial charge in [-0.2, -0.15) is 0 Å². The minimum absolute atomic E-state index is 0.0684. The highest BCUT2D eigenvalue weighted by Gasteiger charge is 2.37. The highest BCUT2D eigenvalue weighted by atomic mass is 16.2. The number of nitrogens with zero attached hydrogens (tertiary/aromatic N) is 1. The number of hydrogen-bond donors (Lipinski definition) is 1. The highest BCUT2D eigenvalue weighted by molar-refractivity contribution is 6.05. The maximum atomic E-state index is 11.7. The second-order valence-corrected chi connectivity index (χ2v) is 5.05. The Kier molecular flexibility index (Phi) is 3.28. The van der Waals surface area contributed by atoms with E-state index in [1.54, 1.807) is 7.05 Å². The molecule has 1 heterocycles. The van der Waals surface area contributed by atoms with Gasteiger partial charge in [0, 0.05) is 13.1 Å². The van der Waals surface area contributed by atoms with E-state index in [-0.39, 0.29) is 17.9 Å². The molecule has 0 aromatic carbocycles. The van der Waals surface area contributed by atoms with Crippen molar-refractivity contribution in [3.05, 3.63) is 0 Å². The molecule has 16 heavy (non-hydrogen) atoms. The predicted molar refractivity (Wildman–Crippen MR) is 60.7 cm³/mol. The van der Waals surface area contributed by atoms with Crippen molar-refractivity contribution in [1.82, 2.24) is 10.2 Å². The number of nitrogens with one attached hydrogen (secondary N) is 1. The summed E-state index contributed by atoms with van der Waals surface area (Å²) in [6.07, 6.45) is 5.42. The summed E-state index contributed by atoms with van der Waals surface area (Å²) >= 11 is 0. The fourth-order valence-corrected chi connectivity index (χ4v) is 2.80. The van der Waals surface area contributed by atoms with E-state index in [2.05, 4.69) is 12.2 Å². The zero-order valence-corrected chi connectivity index (χ0v) is 10.0. The summed E-state index contributed by atoms with van der Waals surface area (Å²) in [7, 11) is 1.56. The second-order valence-electron chi connectivity index (χ2n) is 5.05. The van der Waals surface area contributed by atoms with Crippen LogP contribution in [0.1, 0.15) is 39.0 Å². The van der Waals surface area contributed by atoms with Gasteiger partial charge < -0.3 is 5.32 Å². The SMILES string of the molecule is C[C@H](NC1CC(=O)N(C)C1=O)C1CCCC1. The summed E-state index contributed by atoms with van der Waals surface area (Å²) in [5, 5.41) is 3.32. The molecule has 2 fully saturated rings. The molecule has 90 valence electrons. The number of likely N-dealkylation sites (N-methyl/N-ethyl adjacent to an activating group) is 1. The Morgan fingerprint density at radius 2 is 1.94 bits per heavy atom. The summed E-state index contributed by atoms with van der Waals surface area (Å²) in [6, 6.07) is 0.0591. The Morgan fingerprint density at radius 3 is 2.44 bits per heavy atom. The van der Waals surface area contributed by atoms with Crippen LogP contribution in [0.4, 0.5) is 0 Å². The number of imide groups is 1. The minimum Gasteiger partial charge on any atom is -0.303 e. The van der Waals surface area contributed by atoms with Crippen molar-refractivity contribution in [2.45, 2.75) is 51.1 Å². The average molecular weight is 224 g/mol. The quantitative estimate of drug-likeness (QED) is 0.725. The van der Waals surface area contributed by atoms with Crippen molar-refractivity contribution in [3.63, 3.8) is 0 Å². The largest absolute Gasteiger partial charge is 0.303 e. The first-order valence-corrected chi connectivity index (χ1v) is 6.16. The third-order valence-corrected chi connectivity index (χ3v) is 3.95. The van der Waals surface area contributed by atoms with Gasteiger partial charge in [0.15, 0.2) is 0 Å². The number of hydrogen-bond acceptors (Lipinski definition) is 3. The molecule has 0 radical (unpaired) electrons. The number of carbonyl (C=O) groups is 2. The molecule has 1 unspecified atom stereocenters. The summed E-state index contributed by atoms with van der Waals surface area (Å²) in [6.45, 7) is 2.13. The predicted octanol–water partition coefficient (Wildman–Crippen LogP) is 0.912. The standard InChI is InChI=1S/C12H20N2O2/c1-8(9-5-3-4-6-9)13-10-7-11(15)14(2)12(10)16/h8-10,13H,3-7H2,1-2H3/t8-,10?/m0/s1. The van der Waals surface area contributed by atoms with Crippen molar-refractivity contribution in [2.75, 3.05) is 7.05 Å². The lowest BCUT2D eigenvalue weighted by Gasteiger charge is -2.23. The monoisotopic (exact) mass is 224 g/mol. The van der Waals surface area contributed by atoms with Crippen LogP contribution < -0.4 is 5.32 Å². The third kappa shape index (κ3) is 2.12. The van der Waals surface area contributed by atoms with Gasteiger partial charge in [0.1, 0.15) is 0 Å². The van der Waals surface area contributed by atoms with Crippen LogP contribution in [-0.2, 0) is 9.59 Å². The van der Waals surface area contributed by atoms with Crippen LogP contribution in [-0.4, -0.2) is 35.8 Å². The van der Waals surface area contributed by atoms with Crippen molar-refractivity contribution in [2.24, 2.45) is 5.92 Å². The van der Waals surface area contributed by atoms with Gasteiger partial charge in [-0.1, -0.05) is 12.8 Å². The Hall–Kier alpha value is -0.900. The molecule has 0 aromatic heterocycles. The van der Waals surface area contributed by atoms with Gasteiger partial charge in [0.05, 0.1) is 12.5 Å². The maximum Gasteiger partial charge on any atom is 0.246 e. The van der Waals surface area contributed by atoms with Gasteiger partial charge in [0.25, 0.3) is 0 Å². The highest BCUT2D eigenvalue weighted by Crippen LogP contribution is 2.28. The van der Waals surface area contributed by atoms with Crippen LogP contribution in [0, 0.1) is 5.92 Å². The molecule has 2 atom stereocenters. The summed E-state index contributed by atoms with van der Waals surface area (Å²) < 4.78 is 0. The van der Waals surface area contributed by atoms with Gasteiger partial charge >= 0.3 is 0 Å². The molecule has 2 amide bonds. The van der Waals surface area contributed by atoms with E-state index >= 15 is 0 Å². The summed E-state index contributed by atoms with van der Waals surface area (Å²) in [4.78, 5) is 24.3. The minimum atomic E-state index is -0.284. The fraction of sp³-hybridized carbons (Fsp3) is 0.833. The molecule has 1 aliphatic carbocycles. The molecular weight excluding hydrogens is 204 g/mol. The van der Waals surface area contributed by atoms with E-state index in [0.29, 0.717) is 18.4 Å². The Morgan fingerprint density at radius 1 is 1.31 bits per heavy atom. The smallest absolute Gasteiger partial charge is 0.246 e. The van der Waals surface area contributed by atoms with Crippen LogP contribution >= 0.6 is 0 Å². The Labute approximate surface area is 96.4 Å². The lowest BCUT2D eigenvalue weighted by atomic mass is 9.99. The molecule has 4 nitrogen and oxygen atoms in total. The number of likely N-dealkylation sites (tertiary alicyclic amines) is 1. The zero-order chi connectivity index (χ0) is 11.7. The van der Waals surface area contributed by atoms with E-state index in [9.17, 15) is 9.59 Å². The zero-order valence-electron chi connectivity index (χ0n) is 10.0. The first-order valence-electron chi connectivity index (χ1n) is 6.16. The van der Waals surface area contributed by atoms with Crippen molar-refractivity contribution in [3.8, 4) is 0 Å². The van der Waals surface area contributed by atoms with Crippen molar-refractivity contribution < 1.29 is 9.59 Å².